The van der Waals surface area contributed by atoms with E-state index in [0.29, 0.717) is 13.0 Å². The molecule has 1 aromatic rings. The fraction of sp³-hybridized carbons (Fsp3) is 0.471. The molecule has 0 saturated carbocycles. The van der Waals surface area contributed by atoms with Gasteiger partial charge in [-0.3, -0.25) is 24.2 Å². The molecule has 0 aromatic heterocycles. The maximum atomic E-state index is 11.2. The number of rotatable bonds is 12. The summed E-state index contributed by atoms with van der Waals surface area (Å²) in [6.45, 7) is 1.45. The Balaban J connectivity index is 2.89. The van der Waals surface area contributed by atoms with Crippen LogP contribution in [0.3, 0.4) is 0 Å². The average molecular weight is 352 g/mol. The summed E-state index contributed by atoms with van der Waals surface area (Å²) in [6.07, 6.45) is 0.505. The van der Waals surface area contributed by atoms with Crippen LogP contribution in [0.5, 0.6) is 0 Å². The summed E-state index contributed by atoms with van der Waals surface area (Å²) in [4.78, 5) is 36.2. The second kappa shape index (κ2) is 10.4. The first-order chi connectivity index (χ1) is 11.8. The number of aliphatic carboxylic acids is 3. The highest BCUT2D eigenvalue weighted by Crippen LogP contribution is 2.11. The van der Waals surface area contributed by atoms with Crippen LogP contribution in [0.1, 0.15) is 18.9 Å². The van der Waals surface area contributed by atoms with E-state index in [-0.39, 0.29) is 19.1 Å². The van der Waals surface area contributed by atoms with Gasteiger partial charge >= 0.3 is 17.9 Å². The number of benzene rings is 1. The van der Waals surface area contributed by atoms with E-state index in [1.165, 1.54) is 4.90 Å². The average Bonchev–Trinajstić information content (AvgIpc) is 2.51. The number of nitrogens with zero attached hydrogens (tertiary/aromatic N) is 2. The second-order valence-corrected chi connectivity index (χ2v) is 5.80. The van der Waals surface area contributed by atoms with Crippen LogP contribution < -0.4 is 0 Å². The minimum atomic E-state index is -1.12. The zero-order chi connectivity index (χ0) is 18.8. The topological polar surface area (TPSA) is 118 Å². The van der Waals surface area contributed by atoms with Crippen molar-refractivity contribution >= 4 is 17.9 Å². The third kappa shape index (κ3) is 8.27. The fourth-order valence-corrected chi connectivity index (χ4v) is 2.68. The Hall–Kier alpha value is -2.45. The lowest BCUT2D eigenvalue weighted by Crippen LogP contribution is -2.48. The van der Waals surface area contributed by atoms with Gasteiger partial charge < -0.3 is 15.3 Å². The molecule has 0 aliphatic rings. The number of carbonyl (C=O) groups is 3. The minimum absolute atomic E-state index is 0.209. The van der Waals surface area contributed by atoms with Gasteiger partial charge in [-0.1, -0.05) is 37.3 Å². The Morgan fingerprint density at radius 2 is 1.44 bits per heavy atom. The van der Waals surface area contributed by atoms with Crippen molar-refractivity contribution in [3.8, 4) is 0 Å². The van der Waals surface area contributed by atoms with Crippen molar-refractivity contribution in [2.45, 2.75) is 25.9 Å². The van der Waals surface area contributed by atoms with Crippen LogP contribution in [0.4, 0.5) is 0 Å². The highest BCUT2D eigenvalue weighted by atomic mass is 16.4. The van der Waals surface area contributed by atoms with Crippen LogP contribution in [-0.4, -0.2) is 75.2 Å². The molecule has 0 heterocycles. The first-order valence-corrected chi connectivity index (χ1v) is 7.97. The molecule has 1 rings (SSSR count). The molecular weight excluding hydrogens is 328 g/mol. The van der Waals surface area contributed by atoms with Gasteiger partial charge in [0.15, 0.2) is 0 Å². The Labute approximate surface area is 146 Å². The fourth-order valence-electron chi connectivity index (χ4n) is 2.68. The SMILES string of the molecule is CCC(CN(CC(=O)O)Cc1ccccc1)N(CC(=O)O)CC(=O)O. The van der Waals surface area contributed by atoms with E-state index in [0.717, 1.165) is 5.56 Å². The van der Waals surface area contributed by atoms with Gasteiger partial charge in [-0.15, -0.1) is 0 Å². The number of hydrogen-bond donors (Lipinski definition) is 3. The summed E-state index contributed by atoms with van der Waals surface area (Å²) in [7, 11) is 0. The molecule has 0 bridgehead atoms. The minimum Gasteiger partial charge on any atom is -0.480 e. The zero-order valence-electron chi connectivity index (χ0n) is 14.2. The Bertz CT molecular complexity index is 562. The lowest BCUT2D eigenvalue weighted by atomic mass is 10.1. The largest absolute Gasteiger partial charge is 0.480 e. The summed E-state index contributed by atoms with van der Waals surface area (Å²) >= 11 is 0. The predicted octanol–water partition coefficient (Wildman–Crippen LogP) is 0.823. The number of carboxylic acids is 3. The van der Waals surface area contributed by atoms with E-state index in [1.54, 1.807) is 4.90 Å². The van der Waals surface area contributed by atoms with Crippen molar-refractivity contribution in [3.63, 3.8) is 0 Å². The van der Waals surface area contributed by atoms with Gasteiger partial charge in [0.2, 0.25) is 0 Å². The van der Waals surface area contributed by atoms with E-state index >= 15 is 0 Å². The number of carboxylic acid groups (broad SMARTS) is 3. The third-order valence-corrected chi connectivity index (χ3v) is 3.74. The van der Waals surface area contributed by atoms with Gasteiger partial charge in [0.05, 0.1) is 19.6 Å². The van der Waals surface area contributed by atoms with Crippen molar-refractivity contribution in [1.82, 2.24) is 9.80 Å². The summed E-state index contributed by atoms with van der Waals surface area (Å²) < 4.78 is 0. The molecule has 1 aromatic carbocycles. The highest BCUT2D eigenvalue weighted by molar-refractivity contribution is 5.72. The smallest absolute Gasteiger partial charge is 0.317 e. The molecule has 0 radical (unpaired) electrons. The molecule has 0 fully saturated rings. The lowest BCUT2D eigenvalue weighted by molar-refractivity contribution is -0.144. The highest BCUT2D eigenvalue weighted by Gasteiger charge is 2.25. The van der Waals surface area contributed by atoms with E-state index in [9.17, 15) is 14.4 Å². The van der Waals surface area contributed by atoms with Crippen molar-refractivity contribution in [1.29, 1.82) is 0 Å². The van der Waals surface area contributed by atoms with Gasteiger partial charge in [-0.25, -0.2) is 0 Å². The Morgan fingerprint density at radius 3 is 1.88 bits per heavy atom. The van der Waals surface area contributed by atoms with Gasteiger partial charge in [0, 0.05) is 19.1 Å². The lowest BCUT2D eigenvalue weighted by Gasteiger charge is -2.32. The third-order valence-electron chi connectivity index (χ3n) is 3.74. The molecule has 25 heavy (non-hydrogen) atoms. The summed E-state index contributed by atoms with van der Waals surface area (Å²) in [5.74, 6) is -3.23. The summed E-state index contributed by atoms with van der Waals surface area (Å²) in [5, 5.41) is 27.2. The van der Waals surface area contributed by atoms with E-state index in [4.69, 9.17) is 15.3 Å². The molecule has 0 aliphatic carbocycles. The molecule has 0 spiro atoms. The van der Waals surface area contributed by atoms with E-state index < -0.39 is 31.0 Å². The van der Waals surface area contributed by atoms with Crippen LogP contribution in [0, 0.1) is 0 Å². The molecule has 8 heteroatoms. The molecule has 138 valence electrons. The van der Waals surface area contributed by atoms with Gasteiger partial charge in [-0.2, -0.15) is 0 Å². The van der Waals surface area contributed by atoms with Crippen LogP contribution in [0.15, 0.2) is 30.3 Å². The van der Waals surface area contributed by atoms with Gasteiger partial charge in [0.1, 0.15) is 0 Å². The molecule has 0 saturated heterocycles. The molecule has 0 amide bonds. The molecule has 8 nitrogen and oxygen atoms in total. The summed E-state index contributed by atoms with van der Waals surface area (Å²) in [6, 6.07) is 8.94. The van der Waals surface area contributed by atoms with Crippen LogP contribution in [0.2, 0.25) is 0 Å². The molecule has 0 aliphatic heterocycles. The normalized spacial score (nSPS) is 12.3. The molecule has 3 N–H and O–H groups in total. The summed E-state index contributed by atoms with van der Waals surface area (Å²) in [5.41, 5.74) is 0.932. The van der Waals surface area contributed by atoms with Crippen molar-refractivity contribution in [2.75, 3.05) is 26.2 Å². The van der Waals surface area contributed by atoms with E-state index in [1.807, 2.05) is 37.3 Å². The maximum Gasteiger partial charge on any atom is 0.317 e. The molecule has 1 atom stereocenters. The Kier molecular flexibility index (Phi) is 8.59. The number of hydrogen-bond acceptors (Lipinski definition) is 5. The Morgan fingerprint density at radius 1 is 0.920 bits per heavy atom. The van der Waals surface area contributed by atoms with Gasteiger partial charge in [0.25, 0.3) is 0 Å². The van der Waals surface area contributed by atoms with Gasteiger partial charge in [-0.05, 0) is 12.0 Å². The first kappa shape index (κ1) is 20.6. The zero-order valence-corrected chi connectivity index (χ0v) is 14.2. The molecule has 1 unspecified atom stereocenters. The van der Waals surface area contributed by atoms with Crippen LogP contribution in [-0.2, 0) is 20.9 Å². The van der Waals surface area contributed by atoms with Crippen molar-refractivity contribution in [3.05, 3.63) is 35.9 Å². The van der Waals surface area contributed by atoms with Crippen LogP contribution >= 0.6 is 0 Å². The van der Waals surface area contributed by atoms with Crippen molar-refractivity contribution < 1.29 is 29.7 Å². The second-order valence-electron chi connectivity index (χ2n) is 5.80. The first-order valence-electron chi connectivity index (χ1n) is 7.97. The quantitative estimate of drug-likeness (QED) is 0.506. The standard InChI is InChI=1S/C17H24N2O6/c1-2-14(19(11-16(22)23)12-17(24)25)9-18(10-15(20)21)8-13-6-4-3-5-7-13/h3-7,14H,2,8-12H2,1H3,(H,20,21)(H,22,23)(H,24,25). The monoisotopic (exact) mass is 352 g/mol. The van der Waals surface area contributed by atoms with E-state index in [2.05, 4.69) is 0 Å². The predicted molar refractivity (Wildman–Crippen MR) is 90.3 cm³/mol. The van der Waals surface area contributed by atoms with Crippen LogP contribution in [0.25, 0.3) is 0 Å². The maximum absolute atomic E-state index is 11.2. The van der Waals surface area contributed by atoms with Crippen molar-refractivity contribution in [2.24, 2.45) is 0 Å². The molecular formula is C17H24N2O6.